The van der Waals surface area contributed by atoms with Crippen molar-refractivity contribution in [2.45, 2.75) is 34.6 Å². The molecule has 3 aromatic rings. The zero-order valence-corrected chi connectivity index (χ0v) is 22.5. The highest BCUT2D eigenvalue weighted by Crippen LogP contribution is 2.38. The van der Waals surface area contributed by atoms with Gasteiger partial charge in [0.05, 0.1) is 23.5 Å². The minimum absolute atomic E-state index is 0.359. The summed E-state index contributed by atoms with van der Waals surface area (Å²) < 4.78 is 6.62. The second kappa shape index (κ2) is 12.0. The van der Waals surface area contributed by atoms with E-state index in [4.69, 9.17) is 16.3 Å². The molecule has 0 aliphatic carbocycles. The Hall–Kier alpha value is -3.45. The first-order valence-corrected chi connectivity index (χ1v) is 12.5. The van der Waals surface area contributed by atoms with Gasteiger partial charge in [0.1, 0.15) is 5.69 Å². The van der Waals surface area contributed by atoms with Crippen LogP contribution in [0, 0.1) is 18.8 Å². The molecule has 0 radical (unpaired) electrons. The van der Waals surface area contributed by atoms with Gasteiger partial charge in [-0.25, -0.2) is 9.59 Å². The summed E-state index contributed by atoms with van der Waals surface area (Å²) in [5, 5.41) is 6.36. The van der Waals surface area contributed by atoms with Gasteiger partial charge < -0.3 is 24.8 Å². The minimum Gasteiger partial charge on any atom is -0.464 e. The summed E-state index contributed by atoms with van der Waals surface area (Å²) in [5.74, 6) is 0.293. The van der Waals surface area contributed by atoms with Crippen molar-refractivity contribution in [1.82, 2.24) is 4.57 Å². The van der Waals surface area contributed by atoms with E-state index in [1.54, 1.807) is 29.0 Å². The maximum atomic E-state index is 13.1. The first kappa shape index (κ1) is 27.1. The van der Waals surface area contributed by atoms with Crippen LogP contribution in [0.1, 0.15) is 43.7 Å². The lowest BCUT2D eigenvalue weighted by Crippen LogP contribution is -2.33. The average Bonchev–Trinajstić information content (AvgIpc) is 3.29. The van der Waals surface area contributed by atoms with Gasteiger partial charge in [0.15, 0.2) is 0 Å². The number of hydrogen-bond donors (Lipinski definition) is 2. The highest BCUT2D eigenvalue weighted by Gasteiger charge is 2.22. The molecule has 0 bridgehead atoms. The van der Waals surface area contributed by atoms with E-state index >= 15 is 0 Å². The summed E-state index contributed by atoms with van der Waals surface area (Å²) >= 11 is 6.90. The van der Waals surface area contributed by atoms with Crippen LogP contribution in [0.2, 0.25) is 5.02 Å². The van der Waals surface area contributed by atoms with E-state index in [2.05, 4.69) is 43.2 Å². The van der Waals surface area contributed by atoms with E-state index in [9.17, 15) is 9.59 Å². The third-order valence-electron chi connectivity index (χ3n) is 5.51. The number of nitrogens with zero attached hydrogens (tertiary/aromatic N) is 2. The zero-order chi connectivity index (χ0) is 26.4. The molecule has 2 amide bonds. The van der Waals surface area contributed by atoms with E-state index < -0.39 is 5.97 Å². The maximum Gasteiger partial charge on any atom is 0.355 e. The van der Waals surface area contributed by atoms with Crippen LogP contribution >= 0.6 is 11.6 Å². The molecule has 0 fully saturated rings. The third kappa shape index (κ3) is 6.82. The van der Waals surface area contributed by atoms with Crippen LogP contribution < -0.4 is 15.5 Å². The lowest BCUT2D eigenvalue weighted by atomic mass is 10.1. The predicted molar refractivity (Wildman–Crippen MR) is 148 cm³/mol. The second-order valence-corrected chi connectivity index (χ2v) is 10.1. The number of rotatable bonds is 9. The largest absolute Gasteiger partial charge is 0.464 e. The average molecular weight is 511 g/mol. The minimum atomic E-state index is -0.465. The van der Waals surface area contributed by atoms with Gasteiger partial charge in [0.25, 0.3) is 0 Å². The highest BCUT2D eigenvalue weighted by molar-refractivity contribution is 6.34. The summed E-state index contributed by atoms with van der Waals surface area (Å²) in [6.07, 6.45) is 1.76. The molecular formula is C28H35ClN4O3. The maximum absolute atomic E-state index is 13.1. The Bertz CT molecular complexity index is 1190. The van der Waals surface area contributed by atoms with Crippen molar-refractivity contribution in [1.29, 1.82) is 0 Å². The molecule has 0 saturated heterocycles. The van der Waals surface area contributed by atoms with Gasteiger partial charge in [0.2, 0.25) is 0 Å². The first-order chi connectivity index (χ1) is 17.1. The molecule has 192 valence electrons. The molecule has 0 unspecified atom stereocenters. The fourth-order valence-electron chi connectivity index (χ4n) is 4.08. The number of amides is 2. The molecule has 0 spiro atoms. The summed E-state index contributed by atoms with van der Waals surface area (Å²) in [6.45, 7) is 12.1. The van der Waals surface area contributed by atoms with Crippen molar-refractivity contribution in [3.05, 3.63) is 71.0 Å². The number of hydrogen-bond acceptors (Lipinski definition) is 4. The molecule has 0 aliphatic heterocycles. The van der Waals surface area contributed by atoms with Crippen LogP contribution in [0.5, 0.6) is 0 Å². The Kier molecular flexibility index (Phi) is 9.04. The van der Waals surface area contributed by atoms with Crippen molar-refractivity contribution in [2.75, 3.05) is 35.7 Å². The molecule has 2 N–H and O–H groups in total. The van der Waals surface area contributed by atoms with E-state index in [-0.39, 0.29) is 6.03 Å². The van der Waals surface area contributed by atoms with Crippen molar-refractivity contribution in [3.8, 4) is 5.69 Å². The first-order valence-electron chi connectivity index (χ1n) is 12.1. The molecule has 1 heterocycles. The summed E-state index contributed by atoms with van der Waals surface area (Å²) in [6, 6.07) is 14.3. The third-order valence-corrected chi connectivity index (χ3v) is 5.80. The Morgan fingerprint density at radius 3 is 2.22 bits per heavy atom. The number of halogens is 1. The quantitative estimate of drug-likeness (QED) is 0.304. The van der Waals surface area contributed by atoms with E-state index in [0.29, 0.717) is 39.6 Å². The Morgan fingerprint density at radius 1 is 1.00 bits per heavy atom. The van der Waals surface area contributed by atoms with Gasteiger partial charge in [-0.05, 0) is 55.2 Å². The Morgan fingerprint density at radius 2 is 1.64 bits per heavy atom. The lowest BCUT2D eigenvalue weighted by Gasteiger charge is -2.31. The molecule has 2 aromatic carbocycles. The van der Waals surface area contributed by atoms with E-state index in [0.717, 1.165) is 24.3 Å². The normalized spacial score (nSPS) is 11.0. The predicted octanol–water partition coefficient (Wildman–Crippen LogP) is 6.99. The number of benzene rings is 2. The Labute approximate surface area is 218 Å². The number of urea groups is 1. The second-order valence-electron chi connectivity index (χ2n) is 9.72. The summed E-state index contributed by atoms with van der Waals surface area (Å²) in [7, 11) is 1.34. The molecule has 1 aromatic heterocycles. The summed E-state index contributed by atoms with van der Waals surface area (Å²) in [4.78, 5) is 27.6. The van der Waals surface area contributed by atoms with Crippen LogP contribution in [-0.4, -0.2) is 36.8 Å². The van der Waals surface area contributed by atoms with E-state index in [1.165, 1.54) is 7.11 Å². The summed E-state index contributed by atoms with van der Waals surface area (Å²) in [5.41, 5.74) is 4.07. The monoisotopic (exact) mass is 510 g/mol. The number of aromatic nitrogens is 1. The van der Waals surface area contributed by atoms with Crippen LogP contribution in [0.15, 0.2) is 54.7 Å². The van der Waals surface area contributed by atoms with Crippen LogP contribution in [0.4, 0.5) is 21.9 Å². The molecule has 8 heteroatoms. The van der Waals surface area contributed by atoms with Crippen molar-refractivity contribution < 1.29 is 14.3 Å². The van der Waals surface area contributed by atoms with Crippen molar-refractivity contribution >= 4 is 40.7 Å². The number of ether oxygens (including phenoxy) is 1. The molecular weight excluding hydrogens is 476 g/mol. The molecule has 7 nitrogen and oxygen atoms in total. The van der Waals surface area contributed by atoms with Crippen molar-refractivity contribution in [3.63, 3.8) is 0 Å². The molecule has 3 rings (SSSR count). The van der Waals surface area contributed by atoms with Gasteiger partial charge in [-0.15, -0.1) is 0 Å². The molecule has 36 heavy (non-hydrogen) atoms. The SMILES string of the molecule is COC(=O)c1cccn1-c1cc(Cl)c(N(CC(C)C)CC(C)C)c(NC(=O)Nc2ccc(C)cc2)c1. The van der Waals surface area contributed by atoms with Crippen molar-refractivity contribution in [2.24, 2.45) is 11.8 Å². The van der Waals surface area contributed by atoms with Gasteiger partial charge in [-0.3, -0.25) is 0 Å². The zero-order valence-electron chi connectivity index (χ0n) is 21.8. The number of methoxy groups -OCH3 is 1. The van der Waals surface area contributed by atoms with Gasteiger partial charge in [-0.1, -0.05) is 57.0 Å². The molecule has 0 atom stereocenters. The Balaban J connectivity index is 2.07. The fraction of sp³-hybridized carbons (Fsp3) is 0.357. The van der Waals surface area contributed by atoms with Gasteiger partial charge in [-0.2, -0.15) is 0 Å². The molecule has 0 aliphatic rings. The van der Waals surface area contributed by atoms with Crippen LogP contribution in [0.3, 0.4) is 0 Å². The lowest BCUT2D eigenvalue weighted by molar-refractivity contribution is 0.0591. The highest BCUT2D eigenvalue weighted by atomic mass is 35.5. The standard InChI is InChI=1S/C28H35ClN4O3/c1-18(2)16-32(17-19(3)4)26-23(29)14-22(33-13-7-8-25(33)27(34)36-6)15-24(26)31-28(35)30-21-11-9-20(5)10-12-21/h7-15,18-19H,16-17H2,1-6H3,(H2,30,31,35). The number of carbonyl (C=O) groups excluding carboxylic acids is 2. The van der Waals surface area contributed by atoms with Gasteiger partial charge in [0, 0.05) is 30.7 Å². The smallest absolute Gasteiger partial charge is 0.355 e. The number of esters is 1. The van der Waals surface area contributed by atoms with Gasteiger partial charge >= 0.3 is 12.0 Å². The molecule has 0 saturated carbocycles. The number of nitrogens with one attached hydrogen (secondary N) is 2. The topological polar surface area (TPSA) is 75.6 Å². The fourth-order valence-corrected chi connectivity index (χ4v) is 4.41. The van der Waals surface area contributed by atoms with Crippen LogP contribution in [-0.2, 0) is 4.74 Å². The number of carbonyl (C=O) groups is 2. The van der Waals surface area contributed by atoms with Crippen LogP contribution in [0.25, 0.3) is 5.69 Å². The number of aryl methyl sites for hydroxylation is 1. The van der Waals surface area contributed by atoms with E-state index in [1.807, 2.05) is 37.3 Å². The number of anilines is 3.